The number of rotatable bonds is 3. The van der Waals surface area contributed by atoms with Gasteiger partial charge in [-0.05, 0) is 41.3 Å². The maximum Gasteiger partial charge on any atom is 0.0635 e. The minimum atomic E-state index is 0.780. The van der Waals surface area contributed by atoms with Crippen molar-refractivity contribution in [2.24, 2.45) is 0 Å². The first-order chi connectivity index (χ1) is 9.34. The second kappa shape index (κ2) is 5.11. The third kappa shape index (κ3) is 2.43. The highest BCUT2D eigenvalue weighted by atomic mass is 14.7. The minimum absolute atomic E-state index is 0.780. The number of pyridine rings is 1. The Kier molecular flexibility index (Phi) is 3.15. The van der Waals surface area contributed by atoms with E-state index < -0.39 is 0 Å². The van der Waals surface area contributed by atoms with Gasteiger partial charge in [-0.2, -0.15) is 0 Å². The van der Waals surface area contributed by atoms with Gasteiger partial charge in [0.2, 0.25) is 0 Å². The topological polar surface area (TPSA) is 38.9 Å². The number of aromatic nitrogens is 1. The standard InChI is InChI=1S/C17H16N2/c18-16-9-4-12-19-17(16)11-10-14-7-3-6-13-5-1-2-8-15(13)14/h1-9,12H,10-11,18H2. The van der Waals surface area contributed by atoms with Crippen LogP contribution in [0.3, 0.4) is 0 Å². The number of aryl methyl sites for hydroxylation is 2. The molecule has 0 spiro atoms. The van der Waals surface area contributed by atoms with Gasteiger partial charge in [0.1, 0.15) is 0 Å². The predicted octanol–water partition coefficient (Wildman–Crippen LogP) is 3.60. The Morgan fingerprint density at radius 3 is 2.58 bits per heavy atom. The van der Waals surface area contributed by atoms with E-state index in [4.69, 9.17) is 5.73 Å². The van der Waals surface area contributed by atoms with E-state index in [1.807, 2.05) is 12.1 Å². The highest BCUT2D eigenvalue weighted by molar-refractivity contribution is 5.85. The van der Waals surface area contributed by atoms with Crippen molar-refractivity contribution in [1.82, 2.24) is 4.98 Å². The number of nitrogens with zero attached hydrogens (tertiary/aromatic N) is 1. The lowest BCUT2D eigenvalue weighted by Gasteiger charge is -2.07. The van der Waals surface area contributed by atoms with E-state index in [1.54, 1.807) is 6.20 Å². The zero-order chi connectivity index (χ0) is 13.1. The van der Waals surface area contributed by atoms with Crippen LogP contribution in [0.1, 0.15) is 11.3 Å². The normalized spacial score (nSPS) is 10.7. The highest BCUT2D eigenvalue weighted by Gasteiger charge is 2.03. The molecule has 94 valence electrons. The van der Waals surface area contributed by atoms with Gasteiger partial charge in [-0.25, -0.2) is 0 Å². The maximum absolute atomic E-state index is 5.93. The molecule has 3 aromatic rings. The molecule has 0 aliphatic rings. The van der Waals surface area contributed by atoms with Crippen LogP contribution in [0.15, 0.2) is 60.8 Å². The van der Waals surface area contributed by atoms with Crippen molar-refractivity contribution < 1.29 is 0 Å². The minimum Gasteiger partial charge on any atom is -0.397 e. The van der Waals surface area contributed by atoms with E-state index in [-0.39, 0.29) is 0 Å². The number of anilines is 1. The molecule has 2 nitrogen and oxygen atoms in total. The van der Waals surface area contributed by atoms with Gasteiger partial charge in [-0.3, -0.25) is 4.98 Å². The second-order valence-corrected chi connectivity index (χ2v) is 4.68. The number of benzene rings is 2. The average molecular weight is 248 g/mol. The van der Waals surface area contributed by atoms with Crippen molar-refractivity contribution in [2.75, 3.05) is 5.73 Å². The van der Waals surface area contributed by atoms with Crippen LogP contribution < -0.4 is 5.73 Å². The lowest BCUT2D eigenvalue weighted by Crippen LogP contribution is -2.00. The summed E-state index contributed by atoms with van der Waals surface area (Å²) >= 11 is 0. The largest absolute Gasteiger partial charge is 0.397 e. The Morgan fingerprint density at radius 1 is 0.842 bits per heavy atom. The molecule has 0 atom stereocenters. The molecule has 0 saturated heterocycles. The van der Waals surface area contributed by atoms with Gasteiger partial charge < -0.3 is 5.73 Å². The molecule has 2 aromatic carbocycles. The van der Waals surface area contributed by atoms with Crippen molar-refractivity contribution in [3.8, 4) is 0 Å². The first kappa shape index (κ1) is 11.7. The number of hydrogen-bond donors (Lipinski definition) is 1. The summed E-state index contributed by atoms with van der Waals surface area (Å²) in [6.07, 6.45) is 3.64. The van der Waals surface area contributed by atoms with Crippen LogP contribution >= 0.6 is 0 Å². The van der Waals surface area contributed by atoms with E-state index >= 15 is 0 Å². The first-order valence-electron chi connectivity index (χ1n) is 6.50. The Hall–Kier alpha value is -2.35. The molecule has 2 heteroatoms. The maximum atomic E-state index is 5.93. The van der Waals surface area contributed by atoms with Gasteiger partial charge in [-0.15, -0.1) is 0 Å². The lowest BCUT2D eigenvalue weighted by molar-refractivity contribution is 0.924. The lowest BCUT2D eigenvalue weighted by atomic mass is 10.00. The Bertz CT molecular complexity index is 699. The Morgan fingerprint density at radius 2 is 1.68 bits per heavy atom. The molecule has 0 radical (unpaired) electrons. The summed E-state index contributed by atoms with van der Waals surface area (Å²) in [5.74, 6) is 0. The summed E-state index contributed by atoms with van der Waals surface area (Å²) in [6, 6.07) is 18.7. The zero-order valence-electron chi connectivity index (χ0n) is 10.7. The molecule has 0 bridgehead atoms. The molecule has 0 saturated carbocycles. The zero-order valence-corrected chi connectivity index (χ0v) is 10.7. The van der Waals surface area contributed by atoms with E-state index in [1.165, 1.54) is 16.3 Å². The predicted molar refractivity (Wildman–Crippen MR) is 80.0 cm³/mol. The van der Waals surface area contributed by atoms with Crippen molar-refractivity contribution in [1.29, 1.82) is 0 Å². The molecular weight excluding hydrogens is 232 g/mol. The fourth-order valence-corrected chi connectivity index (χ4v) is 2.42. The summed E-state index contributed by atoms with van der Waals surface area (Å²) in [7, 11) is 0. The number of nitrogens with two attached hydrogens (primary N) is 1. The number of nitrogen functional groups attached to an aromatic ring is 1. The van der Waals surface area contributed by atoms with Crippen LogP contribution in [-0.4, -0.2) is 4.98 Å². The third-order valence-electron chi connectivity index (χ3n) is 3.44. The second-order valence-electron chi connectivity index (χ2n) is 4.68. The average Bonchev–Trinajstić information content (AvgIpc) is 2.46. The SMILES string of the molecule is Nc1cccnc1CCc1cccc2ccccc12. The van der Waals surface area contributed by atoms with Crippen LogP contribution in [0.4, 0.5) is 5.69 Å². The molecule has 1 heterocycles. The van der Waals surface area contributed by atoms with Gasteiger partial charge in [0, 0.05) is 6.20 Å². The highest BCUT2D eigenvalue weighted by Crippen LogP contribution is 2.20. The summed E-state index contributed by atoms with van der Waals surface area (Å²) in [4.78, 5) is 4.35. The van der Waals surface area contributed by atoms with Crippen LogP contribution in [0.5, 0.6) is 0 Å². The summed E-state index contributed by atoms with van der Waals surface area (Å²) in [5, 5.41) is 2.61. The van der Waals surface area contributed by atoms with Crippen molar-refractivity contribution >= 4 is 16.5 Å². The van der Waals surface area contributed by atoms with E-state index in [2.05, 4.69) is 47.4 Å². The van der Waals surface area contributed by atoms with Gasteiger partial charge >= 0.3 is 0 Å². The molecule has 2 N–H and O–H groups in total. The molecular formula is C17H16N2. The molecule has 0 aliphatic heterocycles. The quantitative estimate of drug-likeness (QED) is 0.769. The van der Waals surface area contributed by atoms with Crippen LogP contribution in [0, 0.1) is 0 Å². The number of fused-ring (bicyclic) bond motifs is 1. The smallest absolute Gasteiger partial charge is 0.0635 e. The van der Waals surface area contributed by atoms with Crippen LogP contribution in [0.25, 0.3) is 10.8 Å². The van der Waals surface area contributed by atoms with E-state index in [0.717, 1.165) is 24.2 Å². The Balaban J connectivity index is 1.88. The molecule has 3 rings (SSSR count). The summed E-state index contributed by atoms with van der Waals surface area (Å²) < 4.78 is 0. The van der Waals surface area contributed by atoms with Gasteiger partial charge in [0.25, 0.3) is 0 Å². The van der Waals surface area contributed by atoms with Crippen LogP contribution in [-0.2, 0) is 12.8 Å². The van der Waals surface area contributed by atoms with Crippen molar-refractivity contribution in [2.45, 2.75) is 12.8 Å². The molecule has 1 aromatic heterocycles. The third-order valence-corrected chi connectivity index (χ3v) is 3.44. The van der Waals surface area contributed by atoms with Crippen molar-refractivity contribution in [3.05, 3.63) is 72.1 Å². The molecule has 0 fully saturated rings. The number of hydrogen-bond acceptors (Lipinski definition) is 2. The fourth-order valence-electron chi connectivity index (χ4n) is 2.42. The first-order valence-corrected chi connectivity index (χ1v) is 6.50. The Labute approximate surface area is 112 Å². The van der Waals surface area contributed by atoms with E-state index in [0.29, 0.717) is 0 Å². The van der Waals surface area contributed by atoms with E-state index in [9.17, 15) is 0 Å². The van der Waals surface area contributed by atoms with Crippen LogP contribution in [0.2, 0.25) is 0 Å². The molecule has 0 amide bonds. The van der Waals surface area contributed by atoms with Gasteiger partial charge in [0.05, 0.1) is 11.4 Å². The van der Waals surface area contributed by atoms with Gasteiger partial charge in [0.15, 0.2) is 0 Å². The monoisotopic (exact) mass is 248 g/mol. The molecule has 0 aliphatic carbocycles. The van der Waals surface area contributed by atoms with Crippen molar-refractivity contribution in [3.63, 3.8) is 0 Å². The van der Waals surface area contributed by atoms with Gasteiger partial charge in [-0.1, -0.05) is 42.5 Å². The molecule has 0 unspecified atom stereocenters. The summed E-state index contributed by atoms with van der Waals surface area (Å²) in [6.45, 7) is 0. The molecule has 19 heavy (non-hydrogen) atoms. The summed E-state index contributed by atoms with van der Waals surface area (Å²) in [5.41, 5.74) is 9.05. The fraction of sp³-hybridized carbons (Fsp3) is 0.118.